The van der Waals surface area contributed by atoms with Crippen molar-refractivity contribution >= 4 is 23.2 Å². The molecule has 0 radical (unpaired) electrons. The number of hydrogen-bond acceptors (Lipinski definition) is 3. The fraction of sp³-hybridized carbons (Fsp3) is 0.467. The number of aryl methyl sites for hydroxylation is 1. The number of anilines is 2. The van der Waals surface area contributed by atoms with Crippen LogP contribution in [0, 0.1) is 5.92 Å². The van der Waals surface area contributed by atoms with E-state index in [1.54, 1.807) is 6.07 Å². The third-order valence-corrected chi connectivity index (χ3v) is 3.45. The van der Waals surface area contributed by atoms with Gasteiger partial charge in [-0.1, -0.05) is 19.9 Å². The van der Waals surface area contributed by atoms with Gasteiger partial charge in [-0.25, -0.2) is 0 Å². The summed E-state index contributed by atoms with van der Waals surface area (Å²) in [5, 5.41) is 15.2. The summed E-state index contributed by atoms with van der Waals surface area (Å²) in [7, 11) is 0. The molecule has 1 aliphatic rings. The second-order valence-electron chi connectivity index (χ2n) is 5.48. The molecule has 5 heteroatoms. The van der Waals surface area contributed by atoms with Crippen LogP contribution < -0.4 is 10.6 Å². The Balaban J connectivity index is 2.02. The maximum atomic E-state index is 11.8. The molecule has 3 N–H and O–H groups in total. The summed E-state index contributed by atoms with van der Waals surface area (Å²) in [6.07, 6.45) is 0.648. The first-order chi connectivity index (χ1) is 9.45. The van der Waals surface area contributed by atoms with Gasteiger partial charge in [0.2, 0.25) is 11.8 Å². The van der Waals surface area contributed by atoms with Crippen molar-refractivity contribution < 1.29 is 14.7 Å². The number of nitrogens with one attached hydrogen (secondary N) is 2. The molecule has 0 aliphatic carbocycles. The van der Waals surface area contributed by atoms with E-state index in [0.717, 1.165) is 17.7 Å². The van der Waals surface area contributed by atoms with Crippen LogP contribution >= 0.6 is 0 Å². The molecule has 0 saturated heterocycles. The molecule has 0 bridgehead atoms. The van der Waals surface area contributed by atoms with Crippen molar-refractivity contribution in [2.24, 2.45) is 5.92 Å². The van der Waals surface area contributed by atoms with Crippen molar-refractivity contribution in [3.05, 3.63) is 23.8 Å². The van der Waals surface area contributed by atoms with E-state index in [9.17, 15) is 14.7 Å². The van der Waals surface area contributed by atoms with E-state index in [1.807, 2.05) is 26.0 Å². The maximum absolute atomic E-state index is 11.8. The van der Waals surface area contributed by atoms with Crippen molar-refractivity contribution in [3.63, 3.8) is 0 Å². The second-order valence-corrected chi connectivity index (χ2v) is 5.48. The highest BCUT2D eigenvalue weighted by molar-refractivity contribution is 5.96. The molecule has 1 unspecified atom stereocenters. The van der Waals surface area contributed by atoms with Gasteiger partial charge in [0, 0.05) is 17.8 Å². The van der Waals surface area contributed by atoms with Crippen LogP contribution in [0.3, 0.4) is 0 Å². The van der Waals surface area contributed by atoms with Crippen LogP contribution in [0.15, 0.2) is 18.2 Å². The zero-order valence-corrected chi connectivity index (χ0v) is 11.8. The summed E-state index contributed by atoms with van der Waals surface area (Å²) in [6.45, 7) is 3.73. The number of aliphatic hydroxyl groups is 1. The minimum absolute atomic E-state index is 0.00351. The minimum Gasteiger partial charge on any atom is -0.392 e. The molecule has 2 rings (SSSR count). The molecule has 1 atom stereocenters. The summed E-state index contributed by atoms with van der Waals surface area (Å²) in [6, 6.07) is 5.48. The zero-order valence-electron chi connectivity index (χ0n) is 11.8. The standard InChI is InChI=1S/C15H20N2O3/c1-9(2)13(18)8-15(20)16-11-5-3-10-4-6-14(19)17-12(10)7-11/h3,5,7,9,13,18H,4,6,8H2,1-2H3,(H,16,20)(H,17,19). The molecular formula is C15H20N2O3. The highest BCUT2D eigenvalue weighted by Crippen LogP contribution is 2.26. The average Bonchev–Trinajstić information content (AvgIpc) is 2.37. The van der Waals surface area contributed by atoms with E-state index in [0.29, 0.717) is 12.1 Å². The number of fused-ring (bicyclic) bond motifs is 1. The molecule has 2 amide bonds. The molecule has 0 saturated carbocycles. The topological polar surface area (TPSA) is 78.4 Å². The van der Waals surface area contributed by atoms with E-state index in [1.165, 1.54) is 0 Å². The van der Waals surface area contributed by atoms with Gasteiger partial charge in [0.25, 0.3) is 0 Å². The van der Waals surface area contributed by atoms with Crippen molar-refractivity contribution in [2.75, 3.05) is 10.6 Å². The largest absolute Gasteiger partial charge is 0.392 e. The predicted octanol–water partition coefficient (Wildman–Crippen LogP) is 1.92. The van der Waals surface area contributed by atoms with Crippen LogP contribution in [0.4, 0.5) is 11.4 Å². The number of hydrogen-bond donors (Lipinski definition) is 3. The van der Waals surface area contributed by atoms with Gasteiger partial charge in [-0.3, -0.25) is 9.59 Å². The predicted molar refractivity (Wildman–Crippen MR) is 77.5 cm³/mol. The summed E-state index contributed by atoms with van der Waals surface area (Å²) in [4.78, 5) is 23.1. The van der Waals surface area contributed by atoms with Crippen LogP contribution in [-0.2, 0) is 16.0 Å². The van der Waals surface area contributed by atoms with E-state index in [4.69, 9.17) is 0 Å². The van der Waals surface area contributed by atoms with Gasteiger partial charge in [0.1, 0.15) is 0 Å². The van der Waals surface area contributed by atoms with Gasteiger partial charge in [0.05, 0.1) is 12.5 Å². The third-order valence-electron chi connectivity index (χ3n) is 3.45. The number of carbonyl (C=O) groups is 2. The van der Waals surface area contributed by atoms with E-state index >= 15 is 0 Å². The van der Waals surface area contributed by atoms with Crippen molar-refractivity contribution in [1.82, 2.24) is 0 Å². The molecule has 0 aromatic heterocycles. The Morgan fingerprint density at radius 2 is 2.15 bits per heavy atom. The van der Waals surface area contributed by atoms with Gasteiger partial charge in [-0.15, -0.1) is 0 Å². The SMILES string of the molecule is CC(C)C(O)CC(=O)Nc1ccc2c(c1)NC(=O)CC2. The Bertz CT molecular complexity index is 526. The number of rotatable bonds is 4. The molecule has 0 fully saturated rings. The van der Waals surface area contributed by atoms with Gasteiger partial charge in [0.15, 0.2) is 0 Å². The molecule has 1 aromatic carbocycles. The van der Waals surface area contributed by atoms with Crippen LogP contribution in [0.1, 0.15) is 32.3 Å². The molecule has 5 nitrogen and oxygen atoms in total. The van der Waals surface area contributed by atoms with Crippen LogP contribution in [0.25, 0.3) is 0 Å². The molecule has 1 aliphatic heterocycles. The fourth-order valence-electron chi connectivity index (χ4n) is 2.09. The highest BCUT2D eigenvalue weighted by Gasteiger charge is 2.17. The normalized spacial score (nSPS) is 15.5. The summed E-state index contributed by atoms with van der Waals surface area (Å²) in [5.41, 5.74) is 2.46. The molecule has 20 heavy (non-hydrogen) atoms. The summed E-state index contributed by atoms with van der Waals surface area (Å²) in [5.74, 6) is -0.187. The molecular weight excluding hydrogens is 256 g/mol. The maximum Gasteiger partial charge on any atom is 0.226 e. The van der Waals surface area contributed by atoms with Crippen LogP contribution in [0.2, 0.25) is 0 Å². The van der Waals surface area contributed by atoms with Crippen molar-refractivity contribution in [1.29, 1.82) is 0 Å². The monoisotopic (exact) mass is 276 g/mol. The fourth-order valence-corrected chi connectivity index (χ4v) is 2.09. The number of carbonyl (C=O) groups excluding carboxylic acids is 2. The zero-order chi connectivity index (χ0) is 14.7. The van der Waals surface area contributed by atoms with Crippen molar-refractivity contribution in [2.45, 2.75) is 39.2 Å². The lowest BCUT2D eigenvalue weighted by Gasteiger charge is -2.18. The molecule has 1 heterocycles. The van der Waals surface area contributed by atoms with E-state index < -0.39 is 6.10 Å². The van der Waals surface area contributed by atoms with Gasteiger partial charge in [-0.05, 0) is 30.0 Å². The van der Waals surface area contributed by atoms with E-state index in [2.05, 4.69) is 10.6 Å². The lowest BCUT2D eigenvalue weighted by molar-refractivity contribution is -0.118. The lowest BCUT2D eigenvalue weighted by atomic mass is 10.0. The van der Waals surface area contributed by atoms with Gasteiger partial charge in [-0.2, -0.15) is 0 Å². The smallest absolute Gasteiger partial charge is 0.226 e. The number of aliphatic hydroxyl groups excluding tert-OH is 1. The Morgan fingerprint density at radius 1 is 1.40 bits per heavy atom. The first kappa shape index (κ1) is 14.5. The Morgan fingerprint density at radius 3 is 2.85 bits per heavy atom. The Hall–Kier alpha value is -1.88. The van der Waals surface area contributed by atoms with E-state index in [-0.39, 0.29) is 24.2 Å². The highest BCUT2D eigenvalue weighted by atomic mass is 16.3. The average molecular weight is 276 g/mol. The van der Waals surface area contributed by atoms with Gasteiger partial charge >= 0.3 is 0 Å². The first-order valence-corrected chi connectivity index (χ1v) is 6.86. The second kappa shape index (κ2) is 6.05. The minimum atomic E-state index is -0.646. The Labute approximate surface area is 118 Å². The molecule has 0 spiro atoms. The summed E-state index contributed by atoms with van der Waals surface area (Å²) < 4.78 is 0. The first-order valence-electron chi connectivity index (χ1n) is 6.86. The van der Waals surface area contributed by atoms with Crippen LogP contribution in [0.5, 0.6) is 0 Å². The lowest BCUT2D eigenvalue weighted by Crippen LogP contribution is -2.24. The quantitative estimate of drug-likeness (QED) is 0.786. The summed E-state index contributed by atoms with van der Waals surface area (Å²) >= 11 is 0. The number of amides is 2. The third kappa shape index (κ3) is 3.57. The molecule has 1 aromatic rings. The molecule has 108 valence electrons. The van der Waals surface area contributed by atoms with Gasteiger partial charge < -0.3 is 15.7 Å². The van der Waals surface area contributed by atoms with Crippen molar-refractivity contribution in [3.8, 4) is 0 Å². The van der Waals surface area contributed by atoms with Crippen LogP contribution in [-0.4, -0.2) is 23.0 Å². The Kier molecular flexibility index (Phi) is 4.39. The number of benzene rings is 1.